The molecule has 6 nitrogen and oxygen atoms in total. The molecule has 1 rings (SSSR count). The molecule has 0 bridgehead atoms. The average molecular weight is 301 g/mol. The maximum absolute atomic E-state index is 12.2. The molecule has 1 atom stereocenters. The molecular formula is C13H19NO5S. The number of carbonyl (C=O) groups is 1. The highest BCUT2D eigenvalue weighted by atomic mass is 32.2. The van der Waals surface area contributed by atoms with Gasteiger partial charge in [0.05, 0.1) is 12.0 Å². The van der Waals surface area contributed by atoms with Crippen LogP contribution in [0.25, 0.3) is 0 Å². The molecule has 0 aliphatic heterocycles. The van der Waals surface area contributed by atoms with Crippen LogP contribution in [0.4, 0.5) is 0 Å². The van der Waals surface area contributed by atoms with Crippen molar-refractivity contribution in [2.75, 3.05) is 7.11 Å². The summed E-state index contributed by atoms with van der Waals surface area (Å²) in [4.78, 5) is 11.1. The third-order valence-electron chi connectivity index (χ3n) is 2.65. The third kappa shape index (κ3) is 4.50. The summed E-state index contributed by atoms with van der Waals surface area (Å²) in [5, 5.41) is 9.08. The number of hydrogen-bond acceptors (Lipinski definition) is 4. The minimum atomic E-state index is -3.89. The van der Waals surface area contributed by atoms with Crippen LogP contribution in [0.5, 0.6) is 5.75 Å². The van der Waals surface area contributed by atoms with Gasteiger partial charge in [0.25, 0.3) is 0 Å². The standard InChI is InChI=1S/C13H19NO5S/c1-9(2)7-12(13(15)16)14-20(17,18)11-6-4-5-10(8-11)19-3/h4-6,8-9,12,14H,7H2,1-3H3,(H,15,16)/t12-/m0/s1. The smallest absolute Gasteiger partial charge is 0.321 e. The third-order valence-corrected chi connectivity index (χ3v) is 4.12. The molecule has 0 aromatic heterocycles. The Kier molecular flexibility index (Phi) is 5.52. The van der Waals surface area contributed by atoms with Gasteiger partial charge in [-0.05, 0) is 24.5 Å². The maximum atomic E-state index is 12.2. The van der Waals surface area contributed by atoms with Crippen LogP contribution in [0.15, 0.2) is 29.2 Å². The molecule has 0 amide bonds. The van der Waals surface area contributed by atoms with Crippen LogP contribution < -0.4 is 9.46 Å². The number of nitrogens with one attached hydrogen (secondary N) is 1. The highest BCUT2D eigenvalue weighted by Crippen LogP contribution is 2.18. The molecule has 0 saturated heterocycles. The highest BCUT2D eigenvalue weighted by Gasteiger charge is 2.26. The number of methoxy groups -OCH3 is 1. The van der Waals surface area contributed by atoms with Crippen LogP contribution in [0, 0.1) is 5.92 Å². The van der Waals surface area contributed by atoms with Gasteiger partial charge in [-0.25, -0.2) is 8.42 Å². The van der Waals surface area contributed by atoms with Crippen molar-refractivity contribution >= 4 is 16.0 Å². The van der Waals surface area contributed by atoms with E-state index in [1.54, 1.807) is 6.07 Å². The second-order valence-electron chi connectivity index (χ2n) is 4.82. The fourth-order valence-electron chi connectivity index (χ4n) is 1.69. The van der Waals surface area contributed by atoms with E-state index in [4.69, 9.17) is 9.84 Å². The van der Waals surface area contributed by atoms with Crippen molar-refractivity contribution in [3.05, 3.63) is 24.3 Å². The Morgan fingerprint density at radius 1 is 1.40 bits per heavy atom. The highest BCUT2D eigenvalue weighted by molar-refractivity contribution is 7.89. The van der Waals surface area contributed by atoms with Crippen molar-refractivity contribution in [2.45, 2.75) is 31.2 Å². The van der Waals surface area contributed by atoms with E-state index >= 15 is 0 Å². The van der Waals surface area contributed by atoms with E-state index in [9.17, 15) is 13.2 Å². The van der Waals surface area contributed by atoms with Crippen LogP contribution in [0.1, 0.15) is 20.3 Å². The van der Waals surface area contributed by atoms with E-state index in [1.807, 2.05) is 13.8 Å². The summed E-state index contributed by atoms with van der Waals surface area (Å²) in [5.74, 6) is -0.738. The zero-order valence-electron chi connectivity index (χ0n) is 11.7. The molecule has 2 N–H and O–H groups in total. The van der Waals surface area contributed by atoms with Crippen molar-refractivity contribution in [3.8, 4) is 5.75 Å². The number of benzene rings is 1. The summed E-state index contributed by atoms with van der Waals surface area (Å²) in [6.45, 7) is 3.66. The van der Waals surface area contributed by atoms with Crippen LogP contribution >= 0.6 is 0 Å². The second-order valence-corrected chi connectivity index (χ2v) is 6.53. The fourth-order valence-corrected chi connectivity index (χ4v) is 2.93. The average Bonchev–Trinajstić information content (AvgIpc) is 2.37. The van der Waals surface area contributed by atoms with Gasteiger partial charge >= 0.3 is 5.97 Å². The number of hydrogen-bond donors (Lipinski definition) is 2. The van der Waals surface area contributed by atoms with Gasteiger partial charge in [-0.2, -0.15) is 4.72 Å². The Morgan fingerprint density at radius 3 is 2.55 bits per heavy atom. The largest absolute Gasteiger partial charge is 0.497 e. The van der Waals surface area contributed by atoms with Gasteiger partial charge in [0, 0.05) is 6.07 Å². The first-order valence-electron chi connectivity index (χ1n) is 6.15. The maximum Gasteiger partial charge on any atom is 0.321 e. The first-order valence-corrected chi connectivity index (χ1v) is 7.63. The summed E-state index contributed by atoms with van der Waals surface area (Å²) in [5.41, 5.74) is 0. The van der Waals surface area contributed by atoms with E-state index in [0.29, 0.717) is 5.75 Å². The molecule has 0 aliphatic rings. The lowest BCUT2D eigenvalue weighted by atomic mass is 10.1. The summed E-state index contributed by atoms with van der Waals surface area (Å²) in [7, 11) is -2.47. The Labute approximate surface area is 118 Å². The minimum Gasteiger partial charge on any atom is -0.497 e. The lowest BCUT2D eigenvalue weighted by Gasteiger charge is -2.16. The van der Waals surface area contributed by atoms with Gasteiger partial charge in [-0.3, -0.25) is 4.79 Å². The van der Waals surface area contributed by atoms with Crippen molar-refractivity contribution in [1.29, 1.82) is 0 Å². The molecule has 0 spiro atoms. The van der Waals surface area contributed by atoms with Crippen molar-refractivity contribution in [2.24, 2.45) is 5.92 Å². The Hall–Kier alpha value is -1.60. The topological polar surface area (TPSA) is 92.7 Å². The fraction of sp³-hybridized carbons (Fsp3) is 0.462. The van der Waals surface area contributed by atoms with E-state index in [1.165, 1.54) is 25.3 Å². The minimum absolute atomic E-state index is 0.0214. The zero-order valence-corrected chi connectivity index (χ0v) is 12.5. The van der Waals surface area contributed by atoms with Gasteiger partial charge in [0.15, 0.2) is 0 Å². The Morgan fingerprint density at radius 2 is 2.05 bits per heavy atom. The monoisotopic (exact) mass is 301 g/mol. The van der Waals surface area contributed by atoms with Gasteiger partial charge in [-0.15, -0.1) is 0 Å². The van der Waals surface area contributed by atoms with Crippen molar-refractivity contribution in [3.63, 3.8) is 0 Å². The molecule has 20 heavy (non-hydrogen) atoms. The molecule has 1 aromatic carbocycles. The van der Waals surface area contributed by atoms with Crippen LogP contribution in [0.3, 0.4) is 0 Å². The molecule has 112 valence electrons. The predicted molar refractivity (Wildman–Crippen MR) is 74.2 cm³/mol. The summed E-state index contributed by atoms with van der Waals surface area (Å²) in [6, 6.07) is 4.73. The molecule has 0 aliphatic carbocycles. The van der Waals surface area contributed by atoms with Gasteiger partial charge in [0.2, 0.25) is 10.0 Å². The van der Waals surface area contributed by atoms with E-state index in [2.05, 4.69) is 4.72 Å². The number of carboxylic acids is 1. The molecule has 0 fully saturated rings. The second kappa shape index (κ2) is 6.71. The lowest BCUT2D eigenvalue weighted by Crippen LogP contribution is -2.41. The Balaban J connectivity index is 3.00. The van der Waals surface area contributed by atoms with Gasteiger partial charge < -0.3 is 9.84 Å². The first-order chi connectivity index (χ1) is 9.26. The quantitative estimate of drug-likeness (QED) is 0.795. The van der Waals surface area contributed by atoms with E-state index in [-0.39, 0.29) is 17.2 Å². The summed E-state index contributed by atoms with van der Waals surface area (Å²) >= 11 is 0. The lowest BCUT2D eigenvalue weighted by molar-refractivity contribution is -0.139. The normalized spacial score (nSPS) is 13.2. The summed E-state index contributed by atoms with van der Waals surface area (Å²) in [6.07, 6.45) is 0.221. The van der Waals surface area contributed by atoms with Crippen LogP contribution in [-0.2, 0) is 14.8 Å². The van der Waals surface area contributed by atoms with E-state index < -0.39 is 22.0 Å². The SMILES string of the molecule is COc1cccc(S(=O)(=O)N[C@@H](CC(C)C)C(=O)O)c1. The van der Waals surface area contributed by atoms with Crippen LogP contribution in [-0.4, -0.2) is 32.6 Å². The molecule has 0 heterocycles. The number of aliphatic carboxylic acids is 1. The number of rotatable bonds is 7. The van der Waals surface area contributed by atoms with Crippen LogP contribution in [0.2, 0.25) is 0 Å². The Bertz CT molecular complexity index is 568. The molecular weight excluding hydrogens is 282 g/mol. The molecule has 0 saturated carbocycles. The number of ether oxygens (including phenoxy) is 1. The number of carboxylic acid groups (broad SMARTS) is 1. The molecule has 0 unspecified atom stereocenters. The molecule has 1 aromatic rings. The van der Waals surface area contributed by atoms with E-state index in [0.717, 1.165) is 0 Å². The summed E-state index contributed by atoms with van der Waals surface area (Å²) < 4.78 is 31.5. The van der Waals surface area contributed by atoms with Crippen molar-refractivity contribution < 1.29 is 23.1 Å². The van der Waals surface area contributed by atoms with Gasteiger partial charge in [0.1, 0.15) is 11.8 Å². The first kappa shape index (κ1) is 16.5. The van der Waals surface area contributed by atoms with Crippen molar-refractivity contribution in [1.82, 2.24) is 4.72 Å². The molecule has 7 heteroatoms. The zero-order chi connectivity index (χ0) is 15.3. The molecule has 0 radical (unpaired) electrons. The predicted octanol–water partition coefficient (Wildman–Crippen LogP) is 1.47. The van der Waals surface area contributed by atoms with Gasteiger partial charge in [-0.1, -0.05) is 19.9 Å². The number of sulfonamides is 1.